The van der Waals surface area contributed by atoms with Gasteiger partial charge < -0.3 is 10.2 Å². The average Bonchev–Trinajstić information content (AvgIpc) is 2.83. The van der Waals surface area contributed by atoms with Crippen molar-refractivity contribution < 1.29 is 9.59 Å². The normalized spacial score (nSPS) is 18.7. The number of hydrogen-bond acceptors (Lipinski definition) is 2. The van der Waals surface area contributed by atoms with Gasteiger partial charge in [-0.05, 0) is 51.3 Å². The maximum atomic E-state index is 12.4. The number of rotatable bonds is 4. The molecule has 0 saturated carbocycles. The van der Waals surface area contributed by atoms with Crippen LogP contribution in [0.1, 0.15) is 44.7 Å². The van der Waals surface area contributed by atoms with E-state index in [9.17, 15) is 9.59 Å². The summed E-state index contributed by atoms with van der Waals surface area (Å²) in [6.07, 6.45) is 1.15. The molecule has 22 heavy (non-hydrogen) atoms. The molecule has 0 aliphatic carbocycles. The van der Waals surface area contributed by atoms with E-state index in [1.54, 1.807) is 4.90 Å². The molecule has 1 aliphatic heterocycles. The van der Waals surface area contributed by atoms with Gasteiger partial charge in [0.2, 0.25) is 11.8 Å². The van der Waals surface area contributed by atoms with Crippen LogP contribution in [0.3, 0.4) is 0 Å². The lowest BCUT2D eigenvalue weighted by Crippen LogP contribution is -2.46. The van der Waals surface area contributed by atoms with E-state index >= 15 is 0 Å². The van der Waals surface area contributed by atoms with Gasteiger partial charge in [-0.25, -0.2) is 0 Å². The van der Waals surface area contributed by atoms with E-state index in [0.717, 1.165) is 23.2 Å². The Balaban J connectivity index is 2.14. The molecule has 1 N–H and O–H groups in total. The van der Waals surface area contributed by atoms with Gasteiger partial charge in [-0.3, -0.25) is 9.59 Å². The zero-order valence-electron chi connectivity index (χ0n) is 14.2. The van der Waals surface area contributed by atoms with Crippen molar-refractivity contribution in [3.8, 4) is 0 Å². The first-order valence-electron chi connectivity index (χ1n) is 7.93. The third-order valence-electron chi connectivity index (χ3n) is 4.50. The highest BCUT2D eigenvalue weighted by Crippen LogP contribution is 2.29. The van der Waals surface area contributed by atoms with Crippen molar-refractivity contribution in [2.24, 2.45) is 5.92 Å². The van der Waals surface area contributed by atoms with Gasteiger partial charge >= 0.3 is 0 Å². The van der Waals surface area contributed by atoms with Crippen molar-refractivity contribution in [1.82, 2.24) is 5.32 Å². The summed E-state index contributed by atoms with van der Waals surface area (Å²) >= 11 is 0. The molecule has 4 nitrogen and oxygen atoms in total. The molecule has 0 radical (unpaired) electrons. The maximum absolute atomic E-state index is 12.4. The van der Waals surface area contributed by atoms with Crippen LogP contribution in [-0.4, -0.2) is 23.9 Å². The van der Waals surface area contributed by atoms with E-state index in [0.29, 0.717) is 13.0 Å². The van der Waals surface area contributed by atoms with Gasteiger partial charge in [0.05, 0.1) is 5.92 Å². The first-order valence-corrected chi connectivity index (χ1v) is 7.93. The summed E-state index contributed by atoms with van der Waals surface area (Å²) in [5.41, 5.74) is 2.88. The Hall–Kier alpha value is -1.84. The molecule has 120 valence electrons. The molecular formula is C18H26N2O2. The van der Waals surface area contributed by atoms with E-state index in [-0.39, 0.29) is 23.3 Å². The van der Waals surface area contributed by atoms with Crippen LogP contribution < -0.4 is 10.2 Å². The number of aryl methyl sites for hydroxylation is 2. The number of nitrogens with zero attached hydrogens (tertiary/aromatic N) is 1. The number of carbonyl (C=O) groups excluding carboxylic acids is 2. The molecule has 1 atom stereocenters. The van der Waals surface area contributed by atoms with Gasteiger partial charge in [0.15, 0.2) is 0 Å². The van der Waals surface area contributed by atoms with E-state index in [4.69, 9.17) is 0 Å². The van der Waals surface area contributed by atoms with Crippen LogP contribution >= 0.6 is 0 Å². The molecule has 2 rings (SSSR count). The molecule has 0 bridgehead atoms. The summed E-state index contributed by atoms with van der Waals surface area (Å²) in [7, 11) is 0. The SMILES string of the molecule is CCC(C)(C)NC(=O)C1CC(=O)N(c2cc(C)ccc2C)C1. The number of benzene rings is 1. The van der Waals surface area contributed by atoms with E-state index < -0.39 is 0 Å². The molecule has 1 unspecified atom stereocenters. The molecular weight excluding hydrogens is 276 g/mol. The number of carbonyl (C=O) groups is 2. The summed E-state index contributed by atoms with van der Waals surface area (Å²) in [4.78, 5) is 26.5. The van der Waals surface area contributed by atoms with Gasteiger partial charge in [-0.2, -0.15) is 0 Å². The number of nitrogens with one attached hydrogen (secondary N) is 1. The fourth-order valence-corrected chi connectivity index (χ4v) is 2.65. The Morgan fingerprint density at radius 1 is 1.36 bits per heavy atom. The third-order valence-corrected chi connectivity index (χ3v) is 4.50. The van der Waals surface area contributed by atoms with E-state index in [2.05, 4.69) is 5.32 Å². The molecule has 0 spiro atoms. The van der Waals surface area contributed by atoms with Crippen LogP contribution in [0.5, 0.6) is 0 Å². The van der Waals surface area contributed by atoms with Crippen LogP contribution in [0.2, 0.25) is 0 Å². The van der Waals surface area contributed by atoms with Gasteiger partial charge in [-0.1, -0.05) is 19.1 Å². The van der Waals surface area contributed by atoms with Crippen LogP contribution in [0.15, 0.2) is 18.2 Å². The standard InChI is InChI=1S/C18H26N2O2/c1-6-18(4,5)19-17(22)14-10-16(21)20(11-14)15-9-12(2)7-8-13(15)3/h7-9,14H,6,10-11H2,1-5H3,(H,19,22). The van der Waals surface area contributed by atoms with Crippen molar-refractivity contribution in [2.75, 3.05) is 11.4 Å². The van der Waals surface area contributed by atoms with E-state index in [1.807, 2.05) is 52.8 Å². The van der Waals surface area contributed by atoms with E-state index in [1.165, 1.54) is 0 Å². The first-order chi connectivity index (χ1) is 10.2. The predicted octanol–water partition coefficient (Wildman–Crippen LogP) is 2.96. The lowest BCUT2D eigenvalue weighted by molar-refractivity contribution is -0.127. The highest BCUT2D eigenvalue weighted by Gasteiger charge is 2.37. The summed E-state index contributed by atoms with van der Waals surface area (Å²) in [6, 6.07) is 6.07. The molecule has 1 heterocycles. The molecule has 1 aromatic rings. The second-order valence-corrected chi connectivity index (χ2v) is 6.92. The molecule has 2 amide bonds. The molecule has 1 fully saturated rings. The van der Waals surface area contributed by atoms with Crippen molar-refractivity contribution in [3.63, 3.8) is 0 Å². The molecule has 0 aromatic heterocycles. The number of amides is 2. The van der Waals surface area contributed by atoms with Crippen LogP contribution in [0.25, 0.3) is 0 Å². The Morgan fingerprint density at radius 2 is 2.05 bits per heavy atom. The summed E-state index contributed by atoms with van der Waals surface area (Å²) < 4.78 is 0. The van der Waals surface area contributed by atoms with Gasteiger partial charge in [0.25, 0.3) is 0 Å². The highest BCUT2D eigenvalue weighted by molar-refractivity contribution is 6.01. The quantitative estimate of drug-likeness (QED) is 0.929. The topological polar surface area (TPSA) is 49.4 Å². The minimum Gasteiger partial charge on any atom is -0.351 e. The molecule has 1 aromatic carbocycles. The maximum Gasteiger partial charge on any atom is 0.227 e. The zero-order chi connectivity index (χ0) is 16.5. The predicted molar refractivity (Wildman–Crippen MR) is 88.9 cm³/mol. The van der Waals surface area contributed by atoms with Crippen molar-refractivity contribution >= 4 is 17.5 Å². The summed E-state index contributed by atoms with van der Waals surface area (Å²) in [5, 5.41) is 3.05. The number of hydrogen-bond donors (Lipinski definition) is 1. The fraction of sp³-hybridized carbons (Fsp3) is 0.556. The van der Waals surface area contributed by atoms with Crippen molar-refractivity contribution in [1.29, 1.82) is 0 Å². The second-order valence-electron chi connectivity index (χ2n) is 6.92. The lowest BCUT2D eigenvalue weighted by Gasteiger charge is -2.26. The fourth-order valence-electron chi connectivity index (χ4n) is 2.65. The Labute approximate surface area is 132 Å². The van der Waals surface area contributed by atoms with Gasteiger partial charge in [0, 0.05) is 24.2 Å². The largest absolute Gasteiger partial charge is 0.351 e. The summed E-state index contributed by atoms with van der Waals surface area (Å²) in [5.74, 6) is -0.255. The van der Waals surface area contributed by atoms with Crippen LogP contribution in [-0.2, 0) is 9.59 Å². The monoisotopic (exact) mass is 302 g/mol. The number of anilines is 1. The van der Waals surface area contributed by atoms with Crippen LogP contribution in [0, 0.1) is 19.8 Å². The smallest absolute Gasteiger partial charge is 0.227 e. The highest BCUT2D eigenvalue weighted by atomic mass is 16.2. The van der Waals surface area contributed by atoms with Crippen LogP contribution in [0.4, 0.5) is 5.69 Å². The molecule has 4 heteroatoms. The lowest BCUT2D eigenvalue weighted by atomic mass is 9.99. The van der Waals surface area contributed by atoms with Gasteiger partial charge in [0.1, 0.15) is 0 Å². The Morgan fingerprint density at radius 3 is 2.68 bits per heavy atom. The molecule has 1 saturated heterocycles. The second kappa shape index (κ2) is 6.11. The van der Waals surface area contributed by atoms with Gasteiger partial charge in [-0.15, -0.1) is 0 Å². The van der Waals surface area contributed by atoms with Crippen molar-refractivity contribution in [2.45, 2.75) is 53.0 Å². The molecule has 1 aliphatic rings. The third kappa shape index (κ3) is 3.49. The Bertz CT molecular complexity index is 593. The average molecular weight is 302 g/mol. The zero-order valence-corrected chi connectivity index (χ0v) is 14.2. The van der Waals surface area contributed by atoms with Crippen molar-refractivity contribution in [3.05, 3.63) is 29.3 Å². The minimum atomic E-state index is -0.266. The first kappa shape index (κ1) is 16.5. The minimum absolute atomic E-state index is 0.0204. The Kier molecular flexibility index (Phi) is 4.59. The summed E-state index contributed by atoms with van der Waals surface area (Å²) in [6.45, 7) is 10.5.